The normalized spacial score (nSPS) is 18.2. The van der Waals surface area contributed by atoms with Crippen LogP contribution < -0.4 is 5.69 Å². The van der Waals surface area contributed by atoms with Gasteiger partial charge in [0.2, 0.25) is 0 Å². The lowest BCUT2D eigenvalue weighted by molar-refractivity contribution is 0.0174. The highest BCUT2D eigenvalue weighted by Gasteiger charge is 2.24. The van der Waals surface area contributed by atoms with E-state index in [2.05, 4.69) is 22.0 Å². The molecule has 0 bridgehead atoms. The van der Waals surface area contributed by atoms with Crippen molar-refractivity contribution in [2.24, 2.45) is 0 Å². The molecule has 0 aliphatic carbocycles. The lowest BCUT2D eigenvalue weighted by Gasteiger charge is -2.31. The summed E-state index contributed by atoms with van der Waals surface area (Å²) < 4.78 is 12.3. The smallest absolute Gasteiger partial charge is 0.343 e. The van der Waals surface area contributed by atoms with Gasteiger partial charge in [0, 0.05) is 13.1 Å². The van der Waals surface area contributed by atoms with Gasteiger partial charge in [-0.3, -0.25) is 9.47 Å². The summed E-state index contributed by atoms with van der Waals surface area (Å²) >= 11 is 0. The summed E-state index contributed by atoms with van der Waals surface area (Å²) in [5.41, 5.74) is -0.212. The Morgan fingerprint density at radius 1 is 1.45 bits per heavy atom. The molecule has 108 valence electrons. The first kappa shape index (κ1) is 13.1. The van der Waals surface area contributed by atoms with E-state index in [4.69, 9.17) is 9.15 Å². The molecule has 1 saturated heterocycles. The molecule has 7 nitrogen and oxygen atoms in total. The average Bonchev–Trinajstić information content (AvgIpc) is 3.11. The van der Waals surface area contributed by atoms with Crippen LogP contribution in [0.1, 0.15) is 24.6 Å². The Hall–Kier alpha value is -1.86. The van der Waals surface area contributed by atoms with Crippen molar-refractivity contribution in [2.75, 3.05) is 26.3 Å². The highest BCUT2D eigenvalue weighted by molar-refractivity contribution is 5.03. The van der Waals surface area contributed by atoms with Gasteiger partial charge in [-0.05, 0) is 19.1 Å². The maximum absolute atomic E-state index is 11.9. The van der Waals surface area contributed by atoms with E-state index in [1.165, 1.54) is 0 Å². The summed E-state index contributed by atoms with van der Waals surface area (Å²) in [6.07, 6.45) is 1.60. The molecule has 1 aliphatic heterocycles. The third-order valence-electron chi connectivity index (χ3n) is 3.65. The zero-order valence-corrected chi connectivity index (χ0v) is 11.4. The van der Waals surface area contributed by atoms with Crippen LogP contribution in [-0.2, 0) is 11.3 Å². The van der Waals surface area contributed by atoms with Crippen molar-refractivity contribution in [1.82, 2.24) is 19.7 Å². The number of nitrogens with one attached hydrogen (secondary N) is 1. The highest BCUT2D eigenvalue weighted by Crippen LogP contribution is 2.18. The molecule has 3 heterocycles. The Morgan fingerprint density at radius 2 is 2.25 bits per heavy atom. The number of ether oxygens (including phenoxy) is 1. The molecule has 7 heteroatoms. The SMILES string of the molecule is CC(c1n[nH]c(=O)n1Cc1ccco1)N1CCOCC1. The Balaban J connectivity index is 1.84. The lowest BCUT2D eigenvalue weighted by atomic mass is 10.2. The fraction of sp³-hybridized carbons (Fsp3) is 0.538. The molecule has 1 unspecified atom stereocenters. The van der Waals surface area contributed by atoms with E-state index in [0.29, 0.717) is 6.54 Å². The quantitative estimate of drug-likeness (QED) is 0.886. The summed E-state index contributed by atoms with van der Waals surface area (Å²) in [6, 6.07) is 3.72. The zero-order valence-electron chi connectivity index (χ0n) is 11.4. The maximum atomic E-state index is 11.9. The molecule has 1 N–H and O–H groups in total. The van der Waals surface area contributed by atoms with Crippen molar-refractivity contribution < 1.29 is 9.15 Å². The minimum atomic E-state index is -0.212. The van der Waals surface area contributed by atoms with Gasteiger partial charge in [-0.1, -0.05) is 0 Å². The second-order valence-electron chi connectivity index (χ2n) is 4.88. The number of aromatic nitrogens is 3. The molecule has 1 atom stereocenters. The number of morpholine rings is 1. The monoisotopic (exact) mass is 278 g/mol. The van der Waals surface area contributed by atoms with Gasteiger partial charge in [0.1, 0.15) is 5.76 Å². The van der Waals surface area contributed by atoms with Crippen molar-refractivity contribution in [3.05, 3.63) is 40.5 Å². The molecule has 3 rings (SSSR count). The van der Waals surface area contributed by atoms with E-state index in [9.17, 15) is 4.79 Å². The van der Waals surface area contributed by atoms with Crippen LogP contribution in [0.25, 0.3) is 0 Å². The summed E-state index contributed by atoms with van der Waals surface area (Å²) in [6.45, 7) is 5.59. The summed E-state index contributed by atoms with van der Waals surface area (Å²) in [5.74, 6) is 1.47. The van der Waals surface area contributed by atoms with Gasteiger partial charge >= 0.3 is 5.69 Å². The van der Waals surface area contributed by atoms with Gasteiger partial charge in [0.05, 0.1) is 32.1 Å². The van der Waals surface area contributed by atoms with Crippen LogP contribution >= 0.6 is 0 Å². The van der Waals surface area contributed by atoms with Gasteiger partial charge in [-0.25, -0.2) is 9.89 Å². The molecule has 0 radical (unpaired) electrons. The van der Waals surface area contributed by atoms with Crippen LogP contribution in [0, 0.1) is 0 Å². The largest absolute Gasteiger partial charge is 0.467 e. The van der Waals surface area contributed by atoms with Gasteiger partial charge in [-0.2, -0.15) is 5.10 Å². The minimum Gasteiger partial charge on any atom is -0.467 e. The molecule has 2 aromatic heterocycles. The molecule has 1 fully saturated rings. The average molecular weight is 278 g/mol. The molecule has 0 aromatic carbocycles. The molecule has 20 heavy (non-hydrogen) atoms. The molecule has 1 aliphatic rings. The Morgan fingerprint density at radius 3 is 2.95 bits per heavy atom. The number of hydrogen-bond acceptors (Lipinski definition) is 5. The number of rotatable bonds is 4. The van der Waals surface area contributed by atoms with Crippen molar-refractivity contribution in [1.29, 1.82) is 0 Å². The topological polar surface area (TPSA) is 76.3 Å². The molecular weight excluding hydrogens is 260 g/mol. The number of furan rings is 1. The molecule has 2 aromatic rings. The van der Waals surface area contributed by atoms with Crippen molar-refractivity contribution in [3.63, 3.8) is 0 Å². The number of nitrogens with zero attached hydrogens (tertiary/aromatic N) is 3. The van der Waals surface area contributed by atoms with Crippen LogP contribution in [0.5, 0.6) is 0 Å². The van der Waals surface area contributed by atoms with E-state index in [1.54, 1.807) is 10.8 Å². The summed E-state index contributed by atoms with van der Waals surface area (Å²) in [7, 11) is 0. The molecule has 0 spiro atoms. The van der Waals surface area contributed by atoms with Crippen LogP contribution in [-0.4, -0.2) is 46.0 Å². The van der Waals surface area contributed by atoms with Crippen LogP contribution in [0.15, 0.2) is 27.6 Å². The standard InChI is InChI=1S/C13H18N4O3/c1-10(16-4-7-19-8-5-16)12-14-15-13(18)17(12)9-11-3-2-6-20-11/h2-3,6,10H,4-5,7-9H2,1H3,(H,15,18). The Labute approximate surface area is 116 Å². The van der Waals surface area contributed by atoms with Crippen LogP contribution in [0.2, 0.25) is 0 Å². The molecular formula is C13H18N4O3. The van der Waals surface area contributed by atoms with Crippen molar-refractivity contribution in [3.8, 4) is 0 Å². The van der Waals surface area contributed by atoms with Gasteiger partial charge in [-0.15, -0.1) is 0 Å². The van der Waals surface area contributed by atoms with E-state index >= 15 is 0 Å². The maximum Gasteiger partial charge on any atom is 0.343 e. The predicted molar refractivity (Wildman–Crippen MR) is 71.5 cm³/mol. The fourth-order valence-electron chi connectivity index (χ4n) is 2.49. The second kappa shape index (κ2) is 5.64. The molecule has 0 saturated carbocycles. The Bertz CT molecular complexity index is 595. The first-order valence-electron chi connectivity index (χ1n) is 6.75. The van der Waals surface area contributed by atoms with E-state index in [0.717, 1.165) is 37.9 Å². The van der Waals surface area contributed by atoms with Gasteiger partial charge < -0.3 is 9.15 Å². The number of aromatic amines is 1. The number of hydrogen-bond donors (Lipinski definition) is 1. The van der Waals surface area contributed by atoms with Gasteiger partial charge in [0.15, 0.2) is 5.82 Å². The van der Waals surface area contributed by atoms with Crippen molar-refractivity contribution in [2.45, 2.75) is 19.5 Å². The minimum absolute atomic E-state index is 0.0628. The van der Waals surface area contributed by atoms with E-state index in [-0.39, 0.29) is 11.7 Å². The highest BCUT2D eigenvalue weighted by atomic mass is 16.5. The van der Waals surface area contributed by atoms with E-state index in [1.807, 2.05) is 12.1 Å². The van der Waals surface area contributed by atoms with Crippen LogP contribution in [0.3, 0.4) is 0 Å². The Kier molecular flexibility index (Phi) is 3.70. The first-order valence-corrected chi connectivity index (χ1v) is 6.75. The first-order chi connectivity index (χ1) is 9.75. The fourth-order valence-corrected chi connectivity index (χ4v) is 2.49. The van der Waals surface area contributed by atoms with Crippen LogP contribution in [0.4, 0.5) is 0 Å². The summed E-state index contributed by atoms with van der Waals surface area (Å²) in [4.78, 5) is 14.2. The van der Waals surface area contributed by atoms with Gasteiger partial charge in [0.25, 0.3) is 0 Å². The second-order valence-corrected chi connectivity index (χ2v) is 4.88. The number of H-pyrrole nitrogens is 1. The molecule has 0 amide bonds. The third kappa shape index (κ3) is 2.54. The zero-order chi connectivity index (χ0) is 13.9. The summed E-state index contributed by atoms with van der Waals surface area (Å²) in [5, 5.41) is 6.70. The van der Waals surface area contributed by atoms with E-state index < -0.39 is 0 Å². The lowest BCUT2D eigenvalue weighted by Crippen LogP contribution is -2.39. The van der Waals surface area contributed by atoms with Crippen molar-refractivity contribution >= 4 is 0 Å². The third-order valence-corrected chi connectivity index (χ3v) is 3.65. The predicted octanol–water partition coefficient (Wildman–Crippen LogP) is 0.606.